The van der Waals surface area contributed by atoms with Gasteiger partial charge in [0.25, 0.3) is 0 Å². The summed E-state index contributed by atoms with van der Waals surface area (Å²) in [7, 11) is 0. The van der Waals surface area contributed by atoms with Crippen molar-refractivity contribution < 1.29 is 31.1 Å². The molecular formula is C24H19F6N5OS. The van der Waals surface area contributed by atoms with E-state index in [1.165, 1.54) is 6.20 Å². The van der Waals surface area contributed by atoms with Gasteiger partial charge in [0.15, 0.2) is 0 Å². The molecule has 3 aromatic heterocycles. The lowest BCUT2D eigenvalue weighted by atomic mass is 9.96. The van der Waals surface area contributed by atoms with Crippen LogP contribution in [0.1, 0.15) is 34.8 Å². The Balaban J connectivity index is 1.27. The first kappa shape index (κ1) is 25.2. The quantitative estimate of drug-likeness (QED) is 0.299. The third kappa shape index (κ3) is 5.31. The van der Waals surface area contributed by atoms with Crippen molar-refractivity contribution in [3.05, 3.63) is 65.2 Å². The van der Waals surface area contributed by atoms with Gasteiger partial charge in [-0.15, -0.1) is 11.3 Å². The van der Waals surface area contributed by atoms with Gasteiger partial charge >= 0.3 is 12.4 Å². The number of likely N-dealkylation sites (tertiary alicyclic amines) is 1. The molecule has 4 aromatic rings. The number of carbonyl (C=O) groups excluding carboxylic acids is 1. The lowest BCUT2D eigenvalue weighted by molar-refractivity contribution is -0.143. The van der Waals surface area contributed by atoms with Crippen molar-refractivity contribution >= 4 is 28.3 Å². The predicted octanol–water partition coefficient (Wildman–Crippen LogP) is 6.00. The molecule has 0 aliphatic carbocycles. The van der Waals surface area contributed by atoms with Crippen LogP contribution in [0.25, 0.3) is 21.6 Å². The highest BCUT2D eigenvalue weighted by molar-refractivity contribution is 7.15. The van der Waals surface area contributed by atoms with E-state index >= 15 is 0 Å². The number of hydrogen-bond donors (Lipinski definition) is 0. The van der Waals surface area contributed by atoms with Gasteiger partial charge < -0.3 is 9.47 Å². The van der Waals surface area contributed by atoms with Crippen molar-refractivity contribution in [2.24, 2.45) is 0 Å². The molecule has 37 heavy (non-hydrogen) atoms. The third-order valence-electron chi connectivity index (χ3n) is 6.34. The first-order valence-corrected chi connectivity index (χ1v) is 12.1. The van der Waals surface area contributed by atoms with E-state index in [1.807, 2.05) is 0 Å². The number of amides is 1. The fraction of sp³-hybridized carbons (Fsp3) is 0.333. The van der Waals surface area contributed by atoms with Crippen molar-refractivity contribution in [1.29, 1.82) is 0 Å². The zero-order valence-corrected chi connectivity index (χ0v) is 19.9. The molecule has 194 valence electrons. The first-order valence-electron chi connectivity index (χ1n) is 11.3. The van der Waals surface area contributed by atoms with Crippen LogP contribution in [0.15, 0.2) is 49.2 Å². The van der Waals surface area contributed by atoms with Crippen molar-refractivity contribution in [3.8, 4) is 10.6 Å². The molecule has 5 rings (SSSR count). The minimum absolute atomic E-state index is 0.00135. The Morgan fingerprint density at radius 2 is 1.65 bits per heavy atom. The number of piperidine rings is 1. The van der Waals surface area contributed by atoms with Crippen molar-refractivity contribution in [3.63, 3.8) is 0 Å². The Hall–Kier alpha value is -3.48. The second-order valence-corrected chi connectivity index (χ2v) is 9.82. The molecule has 0 bridgehead atoms. The van der Waals surface area contributed by atoms with E-state index in [0.29, 0.717) is 38.1 Å². The number of carbonyl (C=O) groups is 1. The molecule has 13 heteroatoms. The summed E-state index contributed by atoms with van der Waals surface area (Å²) in [6.45, 7) is 1.07. The number of fused-ring (bicyclic) bond motifs is 1. The van der Waals surface area contributed by atoms with E-state index in [2.05, 4.69) is 15.0 Å². The highest BCUT2D eigenvalue weighted by atomic mass is 32.1. The highest BCUT2D eigenvalue weighted by Crippen LogP contribution is 2.41. The summed E-state index contributed by atoms with van der Waals surface area (Å²) in [5, 5.41) is 0.0886. The standard InChI is InChI=1S/C24H19F6N5OS/c25-23(26,27)16-7-15(8-17(9-16)24(28,29)30)22-32-11-20(37-22)14-2-5-34(6-3-14)21(36)12-35-13-33-18-1-4-31-10-19(18)35/h1,4,7-11,13-14H,2-3,5-6,12H2. The molecular weight excluding hydrogens is 520 g/mol. The van der Waals surface area contributed by atoms with Crippen molar-refractivity contribution in [2.45, 2.75) is 37.7 Å². The zero-order chi connectivity index (χ0) is 26.4. The normalized spacial score (nSPS) is 15.5. The first-order chi connectivity index (χ1) is 17.5. The number of pyridine rings is 1. The van der Waals surface area contributed by atoms with Crippen LogP contribution in [0.3, 0.4) is 0 Å². The van der Waals surface area contributed by atoms with Gasteiger partial charge in [0.2, 0.25) is 5.91 Å². The fourth-order valence-electron chi connectivity index (χ4n) is 4.38. The molecule has 1 aromatic carbocycles. The lowest BCUT2D eigenvalue weighted by Crippen LogP contribution is -2.39. The Labute approximate surface area is 210 Å². The third-order valence-corrected chi connectivity index (χ3v) is 7.55. The van der Waals surface area contributed by atoms with E-state index in [9.17, 15) is 31.1 Å². The number of aromatic nitrogens is 4. The summed E-state index contributed by atoms with van der Waals surface area (Å²) in [5.74, 6) is -0.0725. The molecule has 4 heterocycles. The summed E-state index contributed by atoms with van der Waals surface area (Å²) >= 11 is 1.08. The largest absolute Gasteiger partial charge is 0.416 e. The Bertz CT molecular complexity index is 1400. The molecule has 0 unspecified atom stereocenters. The topological polar surface area (TPSA) is 63.9 Å². The summed E-state index contributed by atoms with van der Waals surface area (Å²) in [5.41, 5.74) is -1.48. The number of imidazole rings is 1. The average Bonchev–Trinajstić information content (AvgIpc) is 3.51. The maximum atomic E-state index is 13.2. The van der Waals surface area contributed by atoms with E-state index in [1.54, 1.807) is 34.3 Å². The number of benzene rings is 1. The van der Waals surface area contributed by atoms with Crippen LogP contribution in [-0.2, 0) is 23.7 Å². The number of hydrogen-bond acceptors (Lipinski definition) is 5. The SMILES string of the molecule is O=C(Cn1cnc2ccncc21)N1CCC(c2cnc(-c3cc(C(F)(F)F)cc(C(F)(F)F)c3)s2)CC1. The van der Waals surface area contributed by atoms with E-state index in [4.69, 9.17) is 0 Å². The maximum absolute atomic E-state index is 13.2. The van der Waals surface area contributed by atoms with E-state index < -0.39 is 23.5 Å². The zero-order valence-electron chi connectivity index (χ0n) is 19.1. The summed E-state index contributed by atoms with van der Waals surface area (Å²) in [6, 6.07) is 3.24. The second-order valence-electron chi connectivity index (χ2n) is 8.75. The average molecular weight is 540 g/mol. The summed E-state index contributed by atoms with van der Waals surface area (Å²) < 4.78 is 81.1. The molecule has 0 saturated carbocycles. The highest BCUT2D eigenvalue weighted by Gasteiger charge is 2.37. The minimum atomic E-state index is -4.92. The van der Waals surface area contributed by atoms with Gasteiger partial charge in [-0.05, 0) is 43.0 Å². The number of rotatable bonds is 4. The van der Waals surface area contributed by atoms with Gasteiger partial charge in [-0.3, -0.25) is 9.78 Å². The van der Waals surface area contributed by atoms with Crippen LogP contribution >= 0.6 is 11.3 Å². The summed E-state index contributed by atoms with van der Waals surface area (Å²) in [4.78, 5) is 27.8. The maximum Gasteiger partial charge on any atom is 0.416 e. The lowest BCUT2D eigenvalue weighted by Gasteiger charge is -2.31. The van der Waals surface area contributed by atoms with Crippen LogP contribution in [0.2, 0.25) is 0 Å². The molecule has 1 aliphatic heterocycles. The van der Waals surface area contributed by atoms with Crippen LogP contribution in [0.4, 0.5) is 26.3 Å². The molecule has 1 saturated heterocycles. The van der Waals surface area contributed by atoms with Crippen LogP contribution < -0.4 is 0 Å². The molecule has 0 spiro atoms. The molecule has 0 N–H and O–H groups in total. The van der Waals surface area contributed by atoms with Crippen LogP contribution in [0.5, 0.6) is 0 Å². The smallest absolute Gasteiger partial charge is 0.341 e. The van der Waals surface area contributed by atoms with Crippen molar-refractivity contribution in [2.75, 3.05) is 13.1 Å². The van der Waals surface area contributed by atoms with Gasteiger partial charge in [0.1, 0.15) is 11.6 Å². The Morgan fingerprint density at radius 3 is 2.30 bits per heavy atom. The van der Waals surface area contributed by atoms with E-state index in [-0.39, 0.29) is 35.0 Å². The Morgan fingerprint density at radius 1 is 0.973 bits per heavy atom. The van der Waals surface area contributed by atoms with Crippen LogP contribution in [0, 0.1) is 0 Å². The van der Waals surface area contributed by atoms with E-state index in [0.717, 1.165) is 27.2 Å². The Kier molecular flexibility index (Phi) is 6.42. The van der Waals surface area contributed by atoms with Gasteiger partial charge in [0, 0.05) is 35.9 Å². The molecule has 1 amide bonds. The number of halogens is 6. The molecule has 0 atom stereocenters. The fourth-order valence-corrected chi connectivity index (χ4v) is 5.45. The molecule has 1 aliphatic rings. The van der Waals surface area contributed by atoms with Crippen LogP contribution in [-0.4, -0.2) is 43.4 Å². The monoisotopic (exact) mass is 539 g/mol. The number of thiazole rings is 1. The number of nitrogens with zero attached hydrogens (tertiary/aromatic N) is 5. The molecule has 0 radical (unpaired) electrons. The van der Waals surface area contributed by atoms with Gasteiger partial charge in [-0.2, -0.15) is 26.3 Å². The van der Waals surface area contributed by atoms with Gasteiger partial charge in [-0.1, -0.05) is 0 Å². The molecule has 1 fully saturated rings. The van der Waals surface area contributed by atoms with Crippen molar-refractivity contribution in [1.82, 2.24) is 24.4 Å². The minimum Gasteiger partial charge on any atom is -0.341 e. The van der Waals surface area contributed by atoms with Gasteiger partial charge in [0.05, 0.1) is 34.7 Å². The second kappa shape index (κ2) is 9.43. The molecule has 6 nitrogen and oxygen atoms in total. The predicted molar refractivity (Wildman–Crippen MR) is 124 cm³/mol. The number of alkyl halides is 6. The van der Waals surface area contributed by atoms with Gasteiger partial charge in [-0.25, -0.2) is 9.97 Å². The summed E-state index contributed by atoms with van der Waals surface area (Å²) in [6.07, 6.45) is -2.27.